The molecule has 0 radical (unpaired) electrons. The molecule has 2 heterocycles. The van der Waals surface area contributed by atoms with Crippen molar-refractivity contribution in [2.75, 3.05) is 26.7 Å². The molecule has 0 aromatic carbocycles. The molecule has 3 atom stereocenters. The van der Waals surface area contributed by atoms with Gasteiger partial charge >= 0.3 is 0 Å². The van der Waals surface area contributed by atoms with Gasteiger partial charge in [-0.15, -0.1) is 11.6 Å². The van der Waals surface area contributed by atoms with Crippen LogP contribution in [0.1, 0.15) is 19.3 Å². The summed E-state index contributed by atoms with van der Waals surface area (Å²) >= 11 is 5.87. The highest BCUT2D eigenvalue weighted by Crippen LogP contribution is 2.28. The average molecular weight is 228 g/mol. The molecule has 0 aromatic heterocycles. The number of likely N-dealkylation sites (N-methyl/N-ethyl adjacent to an activating group) is 1. The first-order valence-corrected chi connectivity index (χ1v) is 6.12. The van der Waals surface area contributed by atoms with Gasteiger partial charge < -0.3 is 0 Å². The standard InChI is InChI=1S/C11H18ClN3/c1-14-10-2-3-11(14)8-15(5-4-10)7-9(12)6-13/h9-11H,2-5,7-8H2,1H3. The highest BCUT2D eigenvalue weighted by molar-refractivity contribution is 6.22. The van der Waals surface area contributed by atoms with Crippen molar-refractivity contribution in [3.05, 3.63) is 0 Å². The molecular weight excluding hydrogens is 210 g/mol. The van der Waals surface area contributed by atoms with Gasteiger partial charge in [0.1, 0.15) is 5.38 Å². The fraction of sp³-hybridized carbons (Fsp3) is 0.909. The first-order valence-electron chi connectivity index (χ1n) is 5.68. The molecule has 2 aliphatic heterocycles. The smallest absolute Gasteiger partial charge is 0.133 e. The predicted octanol–water partition coefficient (Wildman–Crippen LogP) is 1.29. The van der Waals surface area contributed by atoms with E-state index in [0.29, 0.717) is 6.04 Å². The van der Waals surface area contributed by atoms with Crippen LogP contribution in [0.3, 0.4) is 0 Å². The molecule has 3 nitrogen and oxygen atoms in total. The molecule has 2 bridgehead atoms. The second-order valence-corrected chi connectivity index (χ2v) is 5.22. The quantitative estimate of drug-likeness (QED) is 0.666. The minimum absolute atomic E-state index is 0.355. The van der Waals surface area contributed by atoms with E-state index in [1.807, 2.05) is 0 Å². The third-order valence-electron chi connectivity index (χ3n) is 3.79. The maximum atomic E-state index is 8.70. The first-order chi connectivity index (χ1) is 7.20. The number of hydrogen-bond acceptors (Lipinski definition) is 3. The summed E-state index contributed by atoms with van der Waals surface area (Å²) < 4.78 is 0. The van der Waals surface area contributed by atoms with Crippen LogP contribution in [0.4, 0.5) is 0 Å². The lowest BCUT2D eigenvalue weighted by Crippen LogP contribution is -2.38. The fourth-order valence-electron chi connectivity index (χ4n) is 2.81. The van der Waals surface area contributed by atoms with Crippen molar-refractivity contribution in [3.8, 4) is 6.07 Å². The van der Waals surface area contributed by atoms with E-state index in [4.69, 9.17) is 16.9 Å². The molecule has 4 heteroatoms. The Balaban J connectivity index is 1.92. The molecule has 0 amide bonds. The summed E-state index contributed by atoms with van der Waals surface area (Å²) in [7, 11) is 2.23. The SMILES string of the molecule is CN1C2CCC1CN(CC(Cl)C#N)CC2. The minimum atomic E-state index is -0.355. The van der Waals surface area contributed by atoms with Crippen molar-refractivity contribution in [1.29, 1.82) is 5.26 Å². The van der Waals surface area contributed by atoms with Crippen LogP contribution < -0.4 is 0 Å². The molecule has 15 heavy (non-hydrogen) atoms. The Morgan fingerprint density at radius 1 is 1.40 bits per heavy atom. The van der Waals surface area contributed by atoms with Crippen molar-refractivity contribution >= 4 is 11.6 Å². The Morgan fingerprint density at radius 2 is 2.13 bits per heavy atom. The van der Waals surface area contributed by atoms with Gasteiger partial charge in [0.25, 0.3) is 0 Å². The van der Waals surface area contributed by atoms with Crippen LogP contribution in [-0.4, -0.2) is 53.9 Å². The van der Waals surface area contributed by atoms with Gasteiger partial charge in [-0.05, 0) is 32.9 Å². The number of fused-ring (bicyclic) bond motifs is 2. The van der Waals surface area contributed by atoms with Gasteiger partial charge in [0.15, 0.2) is 0 Å². The van der Waals surface area contributed by atoms with E-state index in [2.05, 4.69) is 22.9 Å². The van der Waals surface area contributed by atoms with E-state index < -0.39 is 0 Å². The highest BCUT2D eigenvalue weighted by Gasteiger charge is 2.34. The maximum absolute atomic E-state index is 8.70. The summed E-state index contributed by atoms with van der Waals surface area (Å²) in [5.74, 6) is 0. The van der Waals surface area contributed by atoms with Crippen molar-refractivity contribution in [3.63, 3.8) is 0 Å². The van der Waals surface area contributed by atoms with E-state index in [0.717, 1.165) is 25.7 Å². The van der Waals surface area contributed by atoms with Crippen LogP contribution >= 0.6 is 11.6 Å². The number of rotatable bonds is 2. The van der Waals surface area contributed by atoms with Crippen molar-refractivity contribution in [1.82, 2.24) is 9.80 Å². The summed E-state index contributed by atoms with van der Waals surface area (Å²) in [6.07, 6.45) is 3.87. The monoisotopic (exact) mass is 227 g/mol. The van der Waals surface area contributed by atoms with Crippen LogP contribution in [0.2, 0.25) is 0 Å². The van der Waals surface area contributed by atoms with Gasteiger partial charge in [0.2, 0.25) is 0 Å². The topological polar surface area (TPSA) is 30.3 Å². The van der Waals surface area contributed by atoms with Gasteiger partial charge in [-0.2, -0.15) is 5.26 Å². The summed E-state index contributed by atoms with van der Waals surface area (Å²) in [4.78, 5) is 4.86. The minimum Gasteiger partial charge on any atom is -0.299 e. The summed E-state index contributed by atoms with van der Waals surface area (Å²) in [5, 5.41) is 8.35. The van der Waals surface area contributed by atoms with Gasteiger partial charge in [0.05, 0.1) is 6.07 Å². The van der Waals surface area contributed by atoms with Crippen molar-refractivity contribution in [2.24, 2.45) is 0 Å². The molecule has 2 aliphatic rings. The lowest BCUT2D eigenvalue weighted by atomic mass is 10.1. The van der Waals surface area contributed by atoms with Gasteiger partial charge in [-0.3, -0.25) is 9.80 Å². The van der Waals surface area contributed by atoms with Gasteiger partial charge in [0, 0.05) is 25.2 Å². The zero-order chi connectivity index (χ0) is 10.8. The number of halogens is 1. The molecule has 2 saturated heterocycles. The zero-order valence-corrected chi connectivity index (χ0v) is 9.95. The first kappa shape index (κ1) is 11.2. The molecule has 0 aliphatic carbocycles. The van der Waals surface area contributed by atoms with E-state index >= 15 is 0 Å². The molecule has 2 fully saturated rings. The second kappa shape index (κ2) is 4.69. The highest BCUT2D eigenvalue weighted by atomic mass is 35.5. The average Bonchev–Trinajstić information content (AvgIpc) is 2.46. The van der Waals surface area contributed by atoms with Crippen LogP contribution in [-0.2, 0) is 0 Å². The summed E-state index contributed by atoms with van der Waals surface area (Å²) in [6.45, 7) is 2.89. The molecule has 3 unspecified atom stereocenters. The Morgan fingerprint density at radius 3 is 2.87 bits per heavy atom. The number of nitriles is 1. The van der Waals surface area contributed by atoms with E-state index in [1.165, 1.54) is 19.3 Å². The summed E-state index contributed by atoms with van der Waals surface area (Å²) in [5.41, 5.74) is 0. The van der Waals surface area contributed by atoms with Crippen LogP contribution in [0.5, 0.6) is 0 Å². The third kappa shape index (κ3) is 2.44. The second-order valence-electron chi connectivity index (χ2n) is 4.70. The number of likely N-dealkylation sites (tertiary alicyclic amines) is 1. The van der Waals surface area contributed by atoms with E-state index in [-0.39, 0.29) is 5.38 Å². The summed E-state index contributed by atoms with van der Waals surface area (Å²) in [6, 6.07) is 3.54. The third-order valence-corrected chi connectivity index (χ3v) is 4.03. The molecule has 0 N–H and O–H groups in total. The van der Waals surface area contributed by atoms with Crippen LogP contribution in [0.15, 0.2) is 0 Å². The number of hydrogen-bond donors (Lipinski definition) is 0. The normalized spacial score (nSPS) is 34.7. The molecule has 0 spiro atoms. The zero-order valence-electron chi connectivity index (χ0n) is 9.19. The molecule has 84 valence electrons. The van der Waals surface area contributed by atoms with Crippen molar-refractivity contribution in [2.45, 2.75) is 36.7 Å². The van der Waals surface area contributed by atoms with Gasteiger partial charge in [-0.25, -0.2) is 0 Å². The van der Waals surface area contributed by atoms with Crippen LogP contribution in [0.25, 0.3) is 0 Å². The molecule has 0 aromatic rings. The number of alkyl halides is 1. The Labute approximate surface area is 96.6 Å². The molecule has 0 saturated carbocycles. The molecular formula is C11H18ClN3. The Bertz CT molecular complexity index is 263. The fourth-order valence-corrected chi connectivity index (χ4v) is 3.01. The largest absolute Gasteiger partial charge is 0.299 e. The van der Waals surface area contributed by atoms with E-state index in [9.17, 15) is 0 Å². The van der Waals surface area contributed by atoms with Crippen LogP contribution in [0, 0.1) is 11.3 Å². The number of nitrogens with zero attached hydrogens (tertiary/aromatic N) is 3. The lowest BCUT2D eigenvalue weighted by molar-refractivity contribution is 0.222. The van der Waals surface area contributed by atoms with Crippen molar-refractivity contribution < 1.29 is 0 Å². The Hall–Kier alpha value is -0.300. The van der Waals surface area contributed by atoms with E-state index in [1.54, 1.807) is 0 Å². The molecule has 2 rings (SSSR count). The lowest BCUT2D eigenvalue weighted by Gasteiger charge is -2.25. The maximum Gasteiger partial charge on any atom is 0.133 e. The van der Waals surface area contributed by atoms with Gasteiger partial charge in [-0.1, -0.05) is 0 Å². The predicted molar refractivity (Wildman–Crippen MR) is 60.9 cm³/mol. The Kier molecular flexibility index (Phi) is 3.50.